The second kappa shape index (κ2) is 8.43. The van der Waals surface area contributed by atoms with E-state index < -0.39 is 11.5 Å². The molecule has 1 amide bonds. The Morgan fingerprint density at radius 1 is 1.35 bits per heavy atom. The van der Waals surface area contributed by atoms with Gasteiger partial charge in [-0.1, -0.05) is 42.1 Å². The van der Waals surface area contributed by atoms with Gasteiger partial charge in [-0.05, 0) is 12.5 Å². The number of aromatic amines is 1. The Morgan fingerprint density at radius 3 is 2.85 bits per heavy atom. The molecule has 0 spiro atoms. The van der Waals surface area contributed by atoms with Crippen LogP contribution in [0, 0.1) is 0 Å². The van der Waals surface area contributed by atoms with Gasteiger partial charge >= 0.3 is 0 Å². The predicted molar refractivity (Wildman–Crippen MR) is 97.8 cm³/mol. The topological polar surface area (TPSA) is 106 Å². The zero-order valence-electron chi connectivity index (χ0n) is 14.1. The highest BCUT2D eigenvalue weighted by molar-refractivity contribution is 7.98. The summed E-state index contributed by atoms with van der Waals surface area (Å²) in [5.74, 6) is 0.218. The van der Waals surface area contributed by atoms with Crippen molar-refractivity contribution in [2.75, 3.05) is 0 Å². The number of nitrogens with zero attached hydrogens (tertiary/aromatic N) is 4. The molecule has 0 radical (unpaired) electrons. The number of nitrogens with one attached hydrogen (secondary N) is 2. The van der Waals surface area contributed by atoms with E-state index in [1.165, 1.54) is 24.3 Å². The first-order valence-corrected chi connectivity index (χ1v) is 8.99. The lowest BCUT2D eigenvalue weighted by atomic mass is 10.2. The highest BCUT2D eigenvalue weighted by Crippen LogP contribution is 2.17. The molecule has 2 heterocycles. The maximum Gasteiger partial charge on any atom is 0.264 e. The lowest BCUT2D eigenvalue weighted by molar-refractivity contribution is 0.0933. The Morgan fingerprint density at radius 2 is 2.15 bits per heavy atom. The van der Waals surface area contributed by atoms with E-state index in [1.54, 1.807) is 11.0 Å². The Labute approximate surface area is 154 Å². The average Bonchev–Trinajstić information content (AvgIpc) is 3.13. The molecule has 0 bridgehead atoms. The molecule has 1 aromatic carbocycles. The zero-order valence-corrected chi connectivity index (χ0v) is 14.9. The summed E-state index contributed by atoms with van der Waals surface area (Å²) in [6.45, 7) is 2.29. The van der Waals surface area contributed by atoms with Gasteiger partial charge in [0.15, 0.2) is 5.16 Å². The molecule has 0 fully saturated rings. The molecule has 0 saturated carbocycles. The van der Waals surface area contributed by atoms with Crippen LogP contribution in [0.2, 0.25) is 0 Å². The first kappa shape index (κ1) is 17.9. The number of rotatable bonds is 7. The van der Waals surface area contributed by atoms with Gasteiger partial charge in [0.05, 0.1) is 6.54 Å². The average molecular weight is 370 g/mol. The van der Waals surface area contributed by atoms with Crippen LogP contribution in [-0.2, 0) is 12.3 Å². The lowest BCUT2D eigenvalue weighted by Gasteiger charge is -2.13. The van der Waals surface area contributed by atoms with Crippen LogP contribution < -0.4 is 10.9 Å². The summed E-state index contributed by atoms with van der Waals surface area (Å²) in [7, 11) is 0. The van der Waals surface area contributed by atoms with E-state index in [-0.39, 0.29) is 11.6 Å². The third kappa shape index (κ3) is 4.79. The van der Waals surface area contributed by atoms with Gasteiger partial charge in [-0.25, -0.2) is 9.97 Å². The highest BCUT2D eigenvalue weighted by atomic mass is 32.2. The second-order valence-corrected chi connectivity index (χ2v) is 6.66. The first-order valence-electron chi connectivity index (χ1n) is 8.01. The molecule has 134 valence electrons. The number of aromatic nitrogens is 5. The summed E-state index contributed by atoms with van der Waals surface area (Å²) in [6, 6.07) is 9.66. The number of H-pyrrole nitrogens is 1. The van der Waals surface area contributed by atoms with Crippen molar-refractivity contribution in [3.05, 3.63) is 70.7 Å². The Balaban J connectivity index is 1.59. The van der Waals surface area contributed by atoms with Crippen LogP contribution in [0.1, 0.15) is 22.8 Å². The summed E-state index contributed by atoms with van der Waals surface area (Å²) in [6.07, 6.45) is 4.30. The van der Waals surface area contributed by atoms with Gasteiger partial charge in [0, 0.05) is 18.0 Å². The van der Waals surface area contributed by atoms with E-state index in [9.17, 15) is 9.59 Å². The van der Waals surface area contributed by atoms with Gasteiger partial charge in [0.25, 0.3) is 11.5 Å². The standard InChI is InChI=1S/C17H18N6O2S/c1-12(8-23-11-18-10-20-23)21-15(24)14-7-19-17(22-16(14)25)26-9-13-5-3-2-4-6-13/h2-7,10-12H,8-9H2,1H3,(H,21,24)(H,19,22,25). The SMILES string of the molecule is CC(Cn1cncn1)NC(=O)c1cnc(SCc2ccccc2)[nH]c1=O. The van der Waals surface area contributed by atoms with E-state index in [2.05, 4.69) is 25.4 Å². The highest BCUT2D eigenvalue weighted by Gasteiger charge is 2.15. The molecule has 8 nitrogen and oxygen atoms in total. The van der Waals surface area contributed by atoms with Crippen LogP contribution in [0.5, 0.6) is 0 Å². The summed E-state index contributed by atoms with van der Waals surface area (Å²) in [5, 5.41) is 7.22. The number of hydrogen-bond donors (Lipinski definition) is 2. The molecule has 0 aliphatic rings. The summed E-state index contributed by atoms with van der Waals surface area (Å²) >= 11 is 1.41. The maximum atomic E-state index is 12.3. The maximum absolute atomic E-state index is 12.3. The normalized spacial score (nSPS) is 11.9. The van der Waals surface area contributed by atoms with Crippen molar-refractivity contribution in [3.63, 3.8) is 0 Å². The smallest absolute Gasteiger partial charge is 0.264 e. The number of amides is 1. The molecular weight excluding hydrogens is 352 g/mol. The van der Waals surface area contributed by atoms with E-state index in [4.69, 9.17) is 0 Å². The quantitative estimate of drug-likeness (QED) is 0.482. The molecular formula is C17H18N6O2S. The van der Waals surface area contributed by atoms with Crippen molar-refractivity contribution < 1.29 is 4.79 Å². The third-order valence-corrected chi connectivity index (χ3v) is 4.50. The molecule has 0 aliphatic heterocycles. The molecule has 2 N–H and O–H groups in total. The largest absolute Gasteiger partial charge is 0.347 e. The van der Waals surface area contributed by atoms with Gasteiger partial charge in [0.2, 0.25) is 0 Å². The summed E-state index contributed by atoms with van der Waals surface area (Å²) in [5.41, 5.74) is 0.657. The fraction of sp³-hybridized carbons (Fsp3) is 0.235. The van der Waals surface area contributed by atoms with Crippen molar-refractivity contribution in [2.45, 2.75) is 30.4 Å². The van der Waals surface area contributed by atoms with Crippen LogP contribution in [0.4, 0.5) is 0 Å². The Hall–Kier alpha value is -2.94. The number of carbonyl (C=O) groups excluding carboxylic acids is 1. The van der Waals surface area contributed by atoms with E-state index in [0.717, 1.165) is 5.56 Å². The van der Waals surface area contributed by atoms with Crippen molar-refractivity contribution >= 4 is 17.7 Å². The fourth-order valence-corrected chi connectivity index (χ4v) is 3.08. The predicted octanol–water partition coefficient (Wildman–Crippen LogP) is 1.47. The Bertz CT molecular complexity index is 911. The van der Waals surface area contributed by atoms with Gasteiger partial charge in [-0.2, -0.15) is 5.10 Å². The molecule has 1 atom stereocenters. The van der Waals surface area contributed by atoms with Crippen molar-refractivity contribution in [1.82, 2.24) is 30.0 Å². The van der Waals surface area contributed by atoms with Gasteiger partial charge in [0.1, 0.15) is 18.2 Å². The number of thioether (sulfide) groups is 1. The van der Waals surface area contributed by atoms with Crippen molar-refractivity contribution in [2.24, 2.45) is 0 Å². The molecule has 26 heavy (non-hydrogen) atoms. The molecule has 3 rings (SSSR count). The van der Waals surface area contributed by atoms with Gasteiger partial charge in [-0.3, -0.25) is 14.3 Å². The molecule has 1 unspecified atom stereocenters. The number of hydrogen-bond acceptors (Lipinski definition) is 6. The summed E-state index contributed by atoms with van der Waals surface area (Å²) < 4.78 is 1.61. The van der Waals surface area contributed by atoms with Crippen LogP contribution >= 0.6 is 11.8 Å². The third-order valence-electron chi connectivity index (χ3n) is 3.54. The molecule has 9 heteroatoms. The lowest BCUT2D eigenvalue weighted by Crippen LogP contribution is -2.38. The monoisotopic (exact) mass is 370 g/mol. The summed E-state index contributed by atoms with van der Waals surface area (Å²) in [4.78, 5) is 35.1. The molecule has 2 aromatic heterocycles. The van der Waals surface area contributed by atoms with E-state index >= 15 is 0 Å². The van der Waals surface area contributed by atoms with Crippen molar-refractivity contribution in [1.29, 1.82) is 0 Å². The minimum atomic E-state index is -0.467. The van der Waals surface area contributed by atoms with Crippen LogP contribution in [-0.4, -0.2) is 36.7 Å². The van der Waals surface area contributed by atoms with Crippen LogP contribution in [0.3, 0.4) is 0 Å². The fourth-order valence-electron chi connectivity index (χ4n) is 2.29. The zero-order chi connectivity index (χ0) is 18.4. The number of benzene rings is 1. The molecule has 0 saturated heterocycles. The van der Waals surface area contributed by atoms with Crippen LogP contribution in [0.25, 0.3) is 0 Å². The molecule has 3 aromatic rings. The van der Waals surface area contributed by atoms with Gasteiger partial charge in [-0.15, -0.1) is 0 Å². The minimum Gasteiger partial charge on any atom is -0.347 e. The Kier molecular flexibility index (Phi) is 5.80. The van der Waals surface area contributed by atoms with Crippen molar-refractivity contribution in [3.8, 4) is 0 Å². The second-order valence-electron chi connectivity index (χ2n) is 5.70. The molecule has 0 aliphatic carbocycles. The van der Waals surface area contributed by atoms with Gasteiger partial charge < -0.3 is 10.3 Å². The number of carbonyl (C=O) groups is 1. The van der Waals surface area contributed by atoms with Crippen LogP contribution in [0.15, 0.2) is 59.1 Å². The minimum absolute atomic E-state index is 0.0144. The van der Waals surface area contributed by atoms with E-state index in [0.29, 0.717) is 17.5 Å². The first-order chi connectivity index (χ1) is 12.6. The van der Waals surface area contributed by atoms with E-state index in [1.807, 2.05) is 37.3 Å².